The van der Waals surface area contributed by atoms with Crippen LogP contribution in [-0.4, -0.2) is 18.2 Å². The first-order valence-corrected chi connectivity index (χ1v) is 8.59. The Balaban J connectivity index is 1.70. The van der Waals surface area contributed by atoms with E-state index in [2.05, 4.69) is 41.3 Å². The summed E-state index contributed by atoms with van der Waals surface area (Å²) in [6.45, 7) is 2.94. The highest BCUT2D eigenvalue weighted by molar-refractivity contribution is 6.28. The Morgan fingerprint density at radius 3 is 2.58 bits per heavy atom. The normalized spacial score (nSPS) is 18.9. The fourth-order valence-corrected chi connectivity index (χ4v) is 3.18. The van der Waals surface area contributed by atoms with Gasteiger partial charge >= 0.3 is 5.97 Å². The molecule has 128 valence electrons. The second-order valence-electron chi connectivity index (χ2n) is 5.99. The number of anilines is 1. The van der Waals surface area contributed by atoms with Gasteiger partial charge in [0.1, 0.15) is 5.71 Å². The van der Waals surface area contributed by atoms with Gasteiger partial charge in [0.25, 0.3) is 0 Å². The summed E-state index contributed by atoms with van der Waals surface area (Å²) < 4.78 is 0. The zero-order valence-corrected chi connectivity index (χ0v) is 14.4. The number of carbonyl (C=O) groups excluding carboxylic acids is 1. The number of para-hydroxylation sites is 1. The number of hydrogen-bond acceptors (Lipinski definition) is 4. The zero-order valence-electron chi connectivity index (χ0n) is 14.4. The van der Waals surface area contributed by atoms with Gasteiger partial charge in [0.15, 0.2) is 0 Å². The Bertz CT molecular complexity index is 969. The van der Waals surface area contributed by atoms with Crippen molar-refractivity contribution in [1.82, 2.24) is 0 Å². The van der Waals surface area contributed by atoms with Crippen LogP contribution >= 0.6 is 0 Å². The predicted octanol–water partition coefficient (Wildman–Crippen LogP) is 4.31. The topological polar surface area (TPSA) is 41.9 Å². The van der Waals surface area contributed by atoms with Crippen molar-refractivity contribution in [2.75, 3.05) is 11.4 Å². The summed E-state index contributed by atoms with van der Waals surface area (Å²) in [5.74, 6) is -0.427. The number of hydrogen-bond donors (Lipinski definition) is 0. The number of allylic oxidation sites excluding steroid dienone is 3. The summed E-state index contributed by atoms with van der Waals surface area (Å²) in [7, 11) is 0. The maximum atomic E-state index is 12.1. The van der Waals surface area contributed by atoms with E-state index in [1.165, 1.54) is 5.56 Å². The summed E-state index contributed by atoms with van der Waals surface area (Å²) in [5, 5.41) is 3.95. The van der Waals surface area contributed by atoms with Crippen LogP contribution in [0.1, 0.15) is 18.1 Å². The lowest BCUT2D eigenvalue weighted by Crippen LogP contribution is -2.23. The van der Waals surface area contributed by atoms with Crippen LogP contribution in [0.4, 0.5) is 5.69 Å². The van der Waals surface area contributed by atoms with Crippen LogP contribution in [0.25, 0.3) is 6.08 Å². The molecule has 0 saturated carbocycles. The number of likely N-dealkylation sites (N-methyl/N-ethyl adjacent to an activating group) is 1. The van der Waals surface area contributed by atoms with Crippen LogP contribution in [-0.2, 0) is 9.63 Å². The van der Waals surface area contributed by atoms with Gasteiger partial charge in [-0.15, -0.1) is 0 Å². The van der Waals surface area contributed by atoms with E-state index in [0.717, 1.165) is 23.5 Å². The van der Waals surface area contributed by atoms with Crippen molar-refractivity contribution in [3.05, 3.63) is 95.2 Å². The van der Waals surface area contributed by atoms with Crippen LogP contribution in [0, 0.1) is 0 Å². The van der Waals surface area contributed by atoms with Crippen molar-refractivity contribution in [1.29, 1.82) is 0 Å². The molecule has 0 unspecified atom stereocenters. The SMILES string of the molecule is CCN1/C(=C/C=C2\C(=O)ON=C2c2ccccc2)C=Cc2ccccc21. The second-order valence-corrected chi connectivity index (χ2v) is 5.99. The van der Waals surface area contributed by atoms with E-state index < -0.39 is 5.97 Å². The van der Waals surface area contributed by atoms with Crippen molar-refractivity contribution in [3.8, 4) is 0 Å². The molecule has 0 N–H and O–H groups in total. The fraction of sp³-hybridized carbons (Fsp3) is 0.0909. The first kappa shape index (κ1) is 16.1. The van der Waals surface area contributed by atoms with Crippen molar-refractivity contribution in [3.63, 3.8) is 0 Å². The minimum absolute atomic E-state index is 0.427. The maximum Gasteiger partial charge on any atom is 0.368 e. The first-order valence-electron chi connectivity index (χ1n) is 8.59. The molecule has 0 spiro atoms. The number of oxime groups is 1. The molecular weight excluding hydrogens is 324 g/mol. The lowest BCUT2D eigenvalue weighted by atomic mass is 10.0. The third kappa shape index (κ3) is 2.86. The van der Waals surface area contributed by atoms with Gasteiger partial charge in [0, 0.05) is 23.5 Å². The minimum atomic E-state index is -0.427. The van der Waals surface area contributed by atoms with E-state index in [1.807, 2.05) is 48.5 Å². The Kier molecular flexibility index (Phi) is 4.23. The first-order chi connectivity index (χ1) is 12.8. The quantitative estimate of drug-likeness (QED) is 0.616. The van der Waals surface area contributed by atoms with Crippen LogP contribution in [0.2, 0.25) is 0 Å². The highest BCUT2D eigenvalue weighted by atomic mass is 16.7. The summed E-state index contributed by atoms with van der Waals surface area (Å²) in [4.78, 5) is 19.2. The number of nitrogens with zero attached hydrogens (tertiary/aromatic N) is 2. The molecule has 4 heteroatoms. The molecular formula is C22H18N2O2. The van der Waals surface area contributed by atoms with Crippen LogP contribution in [0.15, 0.2) is 89.3 Å². The van der Waals surface area contributed by atoms with Gasteiger partial charge in [-0.25, -0.2) is 4.79 Å². The van der Waals surface area contributed by atoms with Crippen LogP contribution in [0.3, 0.4) is 0 Å². The third-order valence-electron chi connectivity index (χ3n) is 4.45. The lowest BCUT2D eigenvalue weighted by Gasteiger charge is -2.29. The van der Waals surface area contributed by atoms with Gasteiger partial charge in [-0.3, -0.25) is 0 Å². The van der Waals surface area contributed by atoms with E-state index in [-0.39, 0.29) is 0 Å². The largest absolute Gasteiger partial charge is 0.368 e. The van der Waals surface area contributed by atoms with Gasteiger partial charge in [-0.1, -0.05) is 59.8 Å². The van der Waals surface area contributed by atoms with Gasteiger partial charge < -0.3 is 9.74 Å². The summed E-state index contributed by atoms with van der Waals surface area (Å²) in [5.41, 5.74) is 5.26. The van der Waals surface area contributed by atoms with Crippen molar-refractivity contribution in [2.24, 2.45) is 5.16 Å². The van der Waals surface area contributed by atoms with Crippen LogP contribution in [0.5, 0.6) is 0 Å². The number of fused-ring (bicyclic) bond motifs is 1. The molecule has 2 heterocycles. The van der Waals surface area contributed by atoms with Crippen molar-refractivity contribution in [2.45, 2.75) is 6.92 Å². The molecule has 0 radical (unpaired) electrons. The molecule has 2 aromatic rings. The number of benzene rings is 2. The van der Waals surface area contributed by atoms with E-state index in [0.29, 0.717) is 11.3 Å². The third-order valence-corrected chi connectivity index (χ3v) is 4.45. The molecule has 2 aromatic carbocycles. The molecule has 4 rings (SSSR count). The molecule has 4 nitrogen and oxygen atoms in total. The van der Waals surface area contributed by atoms with Gasteiger partial charge in [-0.05, 0) is 36.8 Å². The summed E-state index contributed by atoms with van der Waals surface area (Å²) in [6.07, 6.45) is 7.88. The number of rotatable bonds is 3. The molecule has 0 bridgehead atoms. The highest BCUT2D eigenvalue weighted by Crippen LogP contribution is 2.30. The predicted molar refractivity (Wildman–Crippen MR) is 104 cm³/mol. The summed E-state index contributed by atoms with van der Waals surface area (Å²) >= 11 is 0. The number of carbonyl (C=O) groups is 1. The molecule has 0 fully saturated rings. The molecule has 26 heavy (non-hydrogen) atoms. The van der Waals surface area contributed by atoms with E-state index in [1.54, 1.807) is 6.08 Å². The molecule has 2 aliphatic heterocycles. The van der Waals surface area contributed by atoms with Gasteiger partial charge in [0.2, 0.25) is 0 Å². The van der Waals surface area contributed by atoms with Crippen molar-refractivity contribution >= 4 is 23.4 Å². The smallest absolute Gasteiger partial charge is 0.341 e. The average Bonchev–Trinajstić information content (AvgIpc) is 3.07. The van der Waals surface area contributed by atoms with Gasteiger partial charge in [0.05, 0.1) is 5.57 Å². The Morgan fingerprint density at radius 1 is 1.00 bits per heavy atom. The fourth-order valence-electron chi connectivity index (χ4n) is 3.18. The standard InChI is InChI=1S/C22H18N2O2/c1-2-24-18(13-12-16-8-6-7-11-20(16)24)14-15-19-21(23-26-22(19)25)17-9-4-3-5-10-17/h3-15H,2H2,1H3/b18-14+,19-15-. The van der Waals surface area contributed by atoms with Crippen LogP contribution < -0.4 is 4.90 Å². The Labute approximate surface area is 152 Å². The molecule has 0 amide bonds. The lowest BCUT2D eigenvalue weighted by molar-refractivity contribution is -0.136. The zero-order chi connectivity index (χ0) is 17.9. The maximum absolute atomic E-state index is 12.1. The molecule has 2 aliphatic rings. The molecule has 0 saturated heterocycles. The Morgan fingerprint density at radius 2 is 1.77 bits per heavy atom. The van der Waals surface area contributed by atoms with E-state index in [4.69, 9.17) is 4.84 Å². The second kappa shape index (κ2) is 6.84. The minimum Gasteiger partial charge on any atom is -0.341 e. The van der Waals surface area contributed by atoms with E-state index >= 15 is 0 Å². The highest BCUT2D eigenvalue weighted by Gasteiger charge is 2.26. The molecule has 0 aliphatic carbocycles. The average molecular weight is 342 g/mol. The molecule has 0 atom stereocenters. The van der Waals surface area contributed by atoms with Crippen molar-refractivity contribution < 1.29 is 9.63 Å². The molecule has 0 aromatic heterocycles. The van der Waals surface area contributed by atoms with Gasteiger partial charge in [-0.2, -0.15) is 0 Å². The monoisotopic (exact) mass is 342 g/mol. The van der Waals surface area contributed by atoms with E-state index in [9.17, 15) is 4.79 Å². The summed E-state index contributed by atoms with van der Waals surface area (Å²) in [6, 6.07) is 17.8. The Hall–Kier alpha value is -3.40.